The van der Waals surface area contributed by atoms with E-state index in [1.54, 1.807) is 0 Å². The SMILES string of the molecule is O=C(CN1CCc2ccc(C(F)(F)F)cc2C1=O)NC1CN(C2CCOC2)C[C@@H]1SC1CCc2ccncc21. The maximum absolute atomic E-state index is 13.2. The van der Waals surface area contributed by atoms with Crippen LogP contribution in [0.2, 0.25) is 0 Å². The number of ether oxygens (including phenoxy) is 1. The Kier molecular flexibility index (Phi) is 7.32. The fourth-order valence-electron chi connectivity index (χ4n) is 6.21. The van der Waals surface area contributed by atoms with Crippen molar-refractivity contribution in [2.24, 2.45) is 0 Å². The van der Waals surface area contributed by atoms with Crippen LogP contribution in [-0.2, 0) is 28.5 Å². The number of thioether (sulfide) groups is 1. The lowest BCUT2D eigenvalue weighted by Gasteiger charge is -2.29. The fourth-order valence-corrected chi connectivity index (χ4v) is 7.87. The number of aromatic nitrogens is 1. The van der Waals surface area contributed by atoms with Crippen molar-refractivity contribution in [2.75, 3.05) is 39.4 Å². The first-order valence-electron chi connectivity index (χ1n) is 13.4. The Bertz CT molecular complexity index is 1250. The van der Waals surface area contributed by atoms with Crippen LogP contribution in [-0.4, -0.2) is 83.3 Å². The van der Waals surface area contributed by atoms with Crippen molar-refractivity contribution in [3.05, 3.63) is 64.5 Å². The third kappa shape index (κ3) is 5.53. The molecule has 1 aromatic carbocycles. The van der Waals surface area contributed by atoms with Crippen LogP contribution in [0.1, 0.15) is 50.7 Å². The Balaban J connectivity index is 1.13. The Labute approximate surface area is 229 Å². The third-order valence-electron chi connectivity index (χ3n) is 8.31. The Morgan fingerprint density at radius 2 is 2.03 bits per heavy atom. The Morgan fingerprint density at radius 3 is 2.82 bits per heavy atom. The quantitative estimate of drug-likeness (QED) is 0.584. The average Bonchev–Trinajstić information content (AvgIpc) is 3.66. The number of alkyl halides is 3. The molecule has 0 bridgehead atoms. The number of rotatable bonds is 6. The second-order valence-electron chi connectivity index (χ2n) is 10.8. The van der Waals surface area contributed by atoms with Gasteiger partial charge < -0.3 is 15.0 Å². The highest BCUT2D eigenvalue weighted by atomic mass is 32.2. The zero-order chi connectivity index (χ0) is 27.1. The molecule has 39 heavy (non-hydrogen) atoms. The van der Waals surface area contributed by atoms with Crippen LogP contribution in [0, 0.1) is 0 Å². The summed E-state index contributed by atoms with van der Waals surface area (Å²) in [5.41, 5.74) is 2.36. The number of likely N-dealkylation sites (tertiary alicyclic amines) is 1. The summed E-state index contributed by atoms with van der Waals surface area (Å²) in [6.45, 7) is 3.10. The number of amides is 2. The van der Waals surface area contributed by atoms with E-state index in [4.69, 9.17) is 4.74 Å². The molecule has 0 radical (unpaired) electrons. The molecule has 11 heteroatoms. The maximum Gasteiger partial charge on any atom is 0.416 e. The molecule has 0 spiro atoms. The minimum atomic E-state index is -4.53. The number of hydrogen-bond acceptors (Lipinski definition) is 6. The molecule has 1 aromatic heterocycles. The Morgan fingerprint density at radius 1 is 1.15 bits per heavy atom. The third-order valence-corrected chi connectivity index (χ3v) is 9.96. The summed E-state index contributed by atoms with van der Waals surface area (Å²) in [6, 6.07) is 5.58. The molecule has 208 valence electrons. The maximum atomic E-state index is 13.2. The van der Waals surface area contributed by atoms with Gasteiger partial charge in [-0.05, 0) is 60.6 Å². The second kappa shape index (κ2) is 10.7. The zero-order valence-corrected chi connectivity index (χ0v) is 22.3. The molecule has 7 nitrogen and oxygen atoms in total. The average molecular weight is 561 g/mol. The first-order valence-corrected chi connectivity index (χ1v) is 14.4. The molecular weight excluding hydrogens is 529 g/mol. The molecule has 6 rings (SSSR count). The predicted molar refractivity (Wildman–Crippen MR) is 140 cm³/mol. The predicted octanol–water partition coefficient (Wildman–Crippen LogP) is 3.48. The molecule has 4 atom stereocenters. The lowest BCUT2D eigenvalue weighted by molar-refractivity contribution is -0.137. The van der Waals surface area contributed by atoms with E-state index < -0.39 is 17.6 Å². The number of carbonyl (C=O) groups is 2. The summed E-state index contributed by atoms with van der Waals surface area (Å²) >= 11 is 1.89. The minimum Gasteiger partial charge on any atom is -0.380 e. The van der Waals surface area contributed by atoms with Crippen LogP contribution < -0.4 is 5.32 Å². The normalized spacial score (nSPS) is 27.1. The lowest BCUT2D eigenvalue weighted by Crippen LogP contribution is -2.49. The van der Waals surface area contributed by atoms with Gasteiger partial charge in [0, 0.05) is 60.7 Å². The van der Waals surface area contributed by atoms with E-state index in [0.717, 1.165) is 44.5 Å². The molecular formula is C28H31F3N4O3S. The molecule has 3 aliphatic heterocycles. The molecule has 4 heterocycles. The van der Waals surface area contributed by atoms with E-state index in [2.05, 4.69) is 21.3 Å². The number of carbonyl (C=O) groups excluding carboxylic acids is 2. The van der Waals surface area contributed by atoms with Crippen molar-refractivity contribution in [2.45, 2.75) is 54.4 Å². The largest absolute Gasteiger partial charge is 0.416 e. The van der Waals surface area contributed by atoms with Gasteiger partial charge in [-0.3, -0.25) is 19.5 Å². The number of benzene rings is 1. The van der Waals surface area contributed by atoms with Crippen LogP contribution in [0.15, 0.2) is 36.7 Å². The first kappa shape index (κ1) is 26.6. The summed E-state index contributed by atoms with van der Waals surface area (Å²) in [5, 5.41) is 3.66. The van der Waals surface area contributed by atoms with Gasteiger partial charge >= 0.3 is 6.18 Å². The molecule has 4 aliphatic rings. The summed E-state index contributed by atoms with van der Waals surface area (Å²) in [4.78, 5) is 34.3. The number of hydrogen-bond donors (Lipinski definition) is 1. The second-order valence-corrected chi connectivity index (χ2v) is 12.2. The number of fused-ring (bicyclic) bond motifs is 2. The number of pyridine rings is 1. The summed E-state index contributed by atoms with van der Waals surface area (Å²) < 4.78 is 45.3. The lowest BCUT2D eigenvalue weighted by atomic mass is 9.96. The highest BCUT2D eigenvalue weighted by Gasteiger charge is 2.41. The number of nitrogens with zero attached hydrogens (tertiary/aromatic N) is 3. The standard InChI is InChI=1S/C28H31F3N4O3S/c29-28(30,31)19-3-1-18-6-9-34(27(37)21(18)11-19)15-26(36)33-23-13-35(20-7-10-38-16-20)14-25(23)39-24-4-2-17-5-8-32-12-22(17)24/h1,3,5,8,11-12,20,23-25H,2,4,6-7,9-10,13-16H2,(H,33,36)/t20?,23?,24?,25-/m0/s1. The molecule has 3 unspecified atom stereocenters. The van der Waals surface area contributed by atoms with Crippen molar-refractivity contribution in [3.63, 3.8) is 0 Å². The van der Waals surface area contributed by atoms with E-state index in [9.17, 15) is 22.8 Å². The van der Waals surface area contributed by atoms with E-state index in [-0.39, 0.29) is 29.3 Å². The van der Waals surface area contributed by atoms with E-state index in [0.29, 0.717) is 43.0 Å². The van der Waals surface area contributed by atoms with Crippen LogP contribution >= 0.6 is 11.8 Å². The molecule has 2 fully saturated rings. The number of nitrogens with one attached hydrogen (secondary N) is 1. The highest BCUT2D eigenvalue weighted by Crippen LogP contribution is 2.45. The van der Waals surface area contributed by atoms with Gasteiger partial charge in [-0.15, -0.1) is 11.8 Å². The summed E-state index contributed by atoms with van der Waals surface area (Å²) in [6.07, 6.45) is 2.70. The fraction of sp³-hybridized carbons (Fsp3) is 0.536. The van der Waals surface area contributed by atoms with Gasteiger partial charge in [0.05, 0.1) is 24.8 Å². The summed E-state index contributed by atoms with van der Waals surface area (Å²) in [7, 11) is 0. The van der Waals surface area contributed by atoms with Gasteiger partial charge in [0.25, 0.3) is 5.91 Å². The molecule has 2 amide bonds. The number of halogens is 3. The van der Waals surface area contributed by atoms with Crippen molar-refractivity contribution < 1.29 is 27.5 Å². The van der Waals surface area contributed by atoms with Gasteiger partial charge in [0.15, 0.2) is 0 Å². The summed E-state index contributed by atoms with van der Waals surface area (Å²) in [5.74, 6) is -0.818. The molecule has 1 N–H and O–H groups in total. The molecule has 0 saturated carbocycles. The van der Waals surface area contributed by atoms with Crippen molar-refractivity contribution >= 4 is 23.6 Å². The highest BCUT2D eigenvalue weighted by molar-refractivity contribution is 8.00. The van der Waals surface area contributed by atoms with Crippen LogP contribution in [0.25, 0.3) is 0 Å². The van der Waals surface area contributed by atoms with Gasteiger partial charge in [-0.1, -0.05) is 6.07 Å². The van der Waals surface area contributed by atoms with E-state index >= 15 is 0 Å². The molecule has 2 aromatic rings. The van der Waals surface area contributed by atoms with Crippen molar-refractivity contribution in [1.82, 2.24) is 20.1 Å². The van der Waals surface area contributed by atoms with Gasteiger partial charge in [0.1, 0.15) is 0 Å². The Hall–Kier alpha value is -2.63. The van der Waals surface area contributed by atoms with Gasteiger partial charge in [-0.25, -0.2) is 0 Å². The van der Waals surface area contributed by atoms with E-state index in [1.807, 2.05) is 24.2 Å². The first-order chi connectivity index (χ1) is 18.8. The van der Waals surface area contributed by atoms with Gasteiger partial charge in [0.2, 0.25) is 5.91 Å². The van der Waals surface area contributed by atoms with E-state index in [1.165, 1.54) is 22.1 Å². The van der Waals surface area contributed by atoms with Crippen LogP contribution in [0.4, 0.5) is 13.2 Å². The number of aryl methyl sites for hydroxylation is 1. The topological polar surface area (TPSA) is 74.8 Å². The van der Waals surface area contributed by atoms with Crippen molar-refractivity contribution in [1.29, 1.82) is 0 Å². The monoisotopic (exact) mass is 560 g/mol. The van der Waals surface area contributed by atoms with Crippen LogP contribution in [0.3, 0.4) is 0 Å². The molecule has 1 aliphatic carbocycles. The smallest absolute Gasteiger partial charge is 0.380 e. The molecule has 2 saturated heterocycles. The van der Waals surface area contributed by atoms with Crippen molar-refractivity contribution in [3.8, 4) is 0 Å². The van der Waals surface area contributed by atoms with Gasteiger partial charge in [-0.2, -0.15) is 13.2 Å². The minimum absolute atomic E-state index is 0.0269. The van der Waals surface area contributed by atoms with Crippen LogP contribution in [0.5, 0.6) is 0 Å². The zero-order valence-electron chi connectivity index (χ0n) is 21.5.